The van der Waals surface area contributed by atoms with Gasteiger partial charge in [-0.05, 0) is 51.7 Å². The number of aliphatic hydroxyl groups excluding tert-OH is 1. The number of aliphatic hydroxyl groups is 1. The van der Waals surface area contributed by atoms with Gasteiger partial charge in [-0.25, -0.2) is 15.4 Å². The summed E-state index contributed by atoms with van der Waals surface area (Å²) in [6, 6.07) is 2.28. The first-order valence-corrected chi connectivity index (χ1v) is 11.0. The van der Waals surface area contributed by atoms with Crippen LogP contribution in [0, 0.1) is 0 Å². The molecule has 7 nitrogen and oxygen atoms in total. The molecule has 0 radical (unpaired) electrons. The maximum absolute atomic E-state index is 12.8. The number of nitrogens with one attached hydrogen (secondary N) is 3. The third kappa shape index (κ3) is 4.82. The molecule has 4 atom stereocenters. The zero-order chi connectivity index (χ0) is 22.9. The van der Waals surface area contributed by atoms with E-state index in [1.54, 1.807) is 0 Å². The topological polar surface area (TPSA) is 84.8 Å². The number of anilines is 1. The van der Waals surface area contributed by atoms with Crippen LogP contribution >= 0.6 is 0 Å². The van der Waals surface area contributed by atoms with Crippen LogP contribution in [0.15, 0.2) is 46.6 Å². The van der Waals surface area contributed by atoms with E-state index in [0.717, 1.165) is 61.5 Å². The molecule has 10 heteroatoms. The molecule has 1 aromatic rings. The highest BCUT2D eigenvalue weighted by Gasteiger charge is 2.36. The SMILES string of the molecule is CC1N=C(C2=CCCC=C2C(O)N2CCCC(Nc3ccc(C(F)(F)F)cn3)[C@@H]2C)NN1. The van der Waals surface area contributed by atoms with Crippen LogP contribution in [0.3, 0.4) is 0 Å². The normalized spacial score (nSPS) is 27.8. The minimum Gasteiger partial charge on any atom is -0.374 e. The molecule has 3 heterocycles. The van der Waals surface area contributed by atoms with Gasteiger partial charge in [0.05, 0.1) is 5.56 Å². The van der Waals surface area contributed by atoms with Gasteiger partial charge < -0.3 is 15.8 Å². The fourth-order valence-electron chi connectivity index (χ4n) is 4.46. The molecular weight excluding hydrogens is 421 g/mol. The molecule has 1 aromatic heterocycles. The van der Waals surface area contributed by atoms with Crippen LogP contribution in [0.2, 0.25) is 0 Å². The minimum atomic E-state index is -4.41. The molecule has 1 fully saturated rings. The average molecular weight is 451 g/mol. The molecule has 0 saturated carbocycles. The zero-order valence-corrected chi connectivity index (χ0v) is 18.2. The van der Waals surface area contributed by atoms with Gasteiger partial charge in [-0.1, -0.05) is 12.2 Å². The molecule has 0 amide bonds. The summed E-state index contributed by atoms with van der Waals surface area (Å²) in [6.45, 7) is 4.69. The molecule has 3 unspecified atom stereocenters. The lowest BCUT2D eigenvalue weighted by Crippen LogP contribution is -2.54. The van der Waals surface area contributed by atoms with Gasteiger partial charge in [-0.2, -0.15) is 13.2 Å². The highest BCUT2D eigenvalue weighted by Crippen LogP contribution is 2.31. The van der Waals surface area contributed by atoms with Gasteiger partial charge in [0.1, 0.15) is 24.0 Å². The average Bonchev–Trinajstić information content (AvgIpc) is 3.21. The molecular formula is C22H29F3N6O. The third-order valence-electron chi connectivity index (χ3n) is 6.22. The van der Waals surface area contributed by atoms with Crippen molar-refractivity contribution in [2.24, 2.45) is 4.99 Å². The van der Waals surface area contributed by atoms with E-state index in [0.29, 0.717) is 5.82 Å². The lowest BCUT2D eigenvalue weighted by molar-refractivity contribution is -0.137. The highest BCUT2D eigenvalue weighted by molar-refractivity contribution is 6.03. The van der Waals surface area contributed by atoms with Crippen LogP contribution in [0.5, 0.6) is 0 Å². The van der Waals surface area contributed by atoms with Gasteiger partial charge in [0.15, 0.2) is 0 Å². The summed E-state index contributed by atoms with van der Waals surface area (Å²) in [6.07, 6.45) is 3.19. The maximum atomic E-state index is 12.8. The molecule has 0 spiro atoms. The summed E-state index contributed by atoms with van der Waals surface area (Å²) in [7, 11) is 0. The van der Waals surface area contributed by atoms with Crippen molar-refractivity contribution in [3.05, 3.63) is 47.2 Å². The van der Waals surface area contributed by atoms with Crippen LogP contribution in [0.1, 0.15) is 45.1 Å². The molecule has 0 bridgehead atoms. The van der Waals surface area contributed by atoms with E-state index >= 15 is 0 Å². The number of halogens is 3. The first kappa shape index (κ1) is 22.8. The molecule has 4 rings (SSSR count). The number of nitrogens with zero attached hydrogens (tertiary/aromatic N) is 3. The fourth-order valence-corrected chi connectivity index (χ4v) is 4.46. The van der Waals surface area contributed by atoms with Gasteiger partial charge in [0, 0.05) is 36.0 Å². The van der Waals surface area contributed by atoms with Crippen molar-refractivity contribution in [2.45, 2.75) is 70.2 Å². The van der Waals surface area contributed by atoms with Crippen LogP contribution in [0.25, 0.3) is 0 Å². The molecule has 2 aliphatic heterocycles. The second-order valence-corrected chi connectivity index (χ2v) is 8.45. The smallest absolute Gasteiger partial charge is 0.374 e. The van der Waals surface area contributed by atoms with Crippen molar-refractivity contribution in [1.82, 2.24) is 20.7 Å². The molecule has 3 aliphatic rings. The first-order valence-electron chi connectivity index (χ1n) is 11.0. The monoisotopic (exact) mass is 450 g/mol. The number of allylic oxidation sites excluding steroid dienone is 2. The Kier molecular flexibility index (Phi) is 6.55. The number of piperidine rings is 1. The third-order valence-corrected chi connectivity index (χ3v) is 6.22. The lowest BCUT2D eigenvalue weighted by atomic mass is 9.91. The minimum absolute atomic E-state index is 0.0371. The van der Waals surface area contributed by atoms with Crippen molar-refractivity contribution < 1.29 is 18.3 Å². The number of likely N-dealkylation sites (tertiary alicyclic amines) is 1. The molecule has 4 N–H and O–H groups in total. The maximum Gasteiger partial charge on any atom is 0.417 e. The first-order chi connectivity index (χ1) is 15.2. The Balaban J connectivity index is 1.46. The van der Waals surface area contributed by atoms with Gasteiger partial charge in [-0.3, -0.25) is 4.90 Å². The molecule has 32 heavy (non-hydrogen) atoms. The van der Waals surface area contributed by atoms with E-state index in [9.17, 15) is 18.3 Å². The standard InChI is InChI=1S/C22H29F3N6O/c1-13-18(28-19-10-9-15(12-26-19)22(23,24)25)8-5-11-31(13)21(32)17-7-4-3-6-16(17)20-27-14(2)29-30-20/h6-7,9-10,12-14,18,21,29,32H,3-5,8,11H2,1-2H3,(H,26,28)(H,27,30)/t13-,14?,18?,21?/m0/s1. The molecule has 174 valence electrons. The quantitative estimate of drug-likeness (QED) is 0.552. The van der Waals surface area contributed by atoms with Gasteiger partial charge in [0.25, 0.3) is 0 Å². The number of aliphatic imine (C=N–C) groups is 1. The zero-order valence-electron chi connectivity index (χ0n) is 18.2. The summed E-state index contributed by atoms with van der Waals surface area (Å²) >= 11 is 0. The largest absolute Gasteiger partial charge is 0.417 e. The number of aromatic nitrogens is 1. The second kappa shape index (κ2) is 9.21. The predicted octanol–water partition coefficient (Wildman–Crippen LogP) is 3.18. The van der Waals surface area contributed by atoms with E-state index in [1.807, 2.05) is 18.7 Å². The summed E-state index contributed by atoms with van der Waals surface area (Å²) in [4.78, 5) is 10.5. The molecule has 1 aliphatic carbocycles. The van der Waals surface area contributed by atoms with E-state index in [4.69, 9.17) is 0 Å². The van der Waals surface area contributed by atoms with Crippen molar-refractivity contribution >= 4 is 11.7 Å². The molecule has 0 aromatic carbocycles. The lowest BCUT2D eigenvalue weighted by Gasteiger charge is -2.43. The Labute approximate surface area is 185 Å². The number of hydrogen-bond acceptors (Lipinski definition) is 7. The fraction of sp³-hybridized carbons (Fsp3) is 0.545. The Morgan fingerprint density at radius 1 is 1.22 bits per heavy atom. The summed E-state index contributed by atoms with van der Waals surface area (Å²) in [5, 5.41) is 14.6. The van der Waals surface area contributed by atoms with Crippen molar-refractivity contribution in [1.29, 1.82) is 0 Å². The summed E-state index contributed by atoms with van der Waals surface area (Å²) < 4.78 is 38.4. The van der Waals surface area contributed by atoms with E-state index < -0.39 is 18.0 Å². The van der Waals surface area contributed by atoms with Crippen LogP contribution in [0.4, 0.5) is 19.0 Å². The van der Waals surface area contributed by atoms with Crippen LogP contribution in [-0.2, 0) is 6.18 Å². The Hall–Kier alpha value is -2.43. The summed E-state index contributed by atoms with van der Waals surface area (Å²) in [5.41, 5.74) is 7.12. The number of pyridine rings is 1. The molecule has 1 saturated heterocycles. The Morgan fingerprint density at radius 3 is 2.66 bits per heavy atom. The van der Waals surface area contributed by atoms with Gasteiger partial charge in [-0.15, -0.1) is 0 Å². The van der Waals surface area contributed by atoms with E-state index in [-0.39, 0.29) is 18.2 Å². The Morgan fingerprint density at radius 2 is 2.00 bits per heavy atom. The van der Waals surface area contributed by atoms with E-state index in [1.165, 1.54) is 6.07 Å². The number of hydrazine groups is 1. The van der Waals surface area contributed by atoms with Gasteiger partial charge >= 0.3 is 6.18 Å². The van der Waals surface area contributed by atoms with Crippen LogP contribution < -0.4 is 16.2 Å². The van der Waals surface area contributed by atoms with Crippen molar-refractivity contribution in [2.75, 3.05) is 11.9 Å². The van der Waals surface area contributed by atoms with Crippen molar-refractivity contribution in [3.8, 4) is 0 Å². The van der Waals surface area contributed by atoms with Crippen LogP contribution in [-0.4, -0.2) is 51.8 Å². The Bertz CT molecular complexity index is 911. The second-order valence-electron chi connectivity index (χ2n) is 8.45. The number of amidine groups is 1. The van der Waals surface area contributed by atoms with Crippen molar-refractivity contribution in [3.63, 3.8) is 0 Å². The number of alkyl halides is 3. The van der Waals surface area contributed by atoms with E-state index in [2.05, 4.69) is 38.3 Å². The number of rotatable bonds is 5. The van der Waals surface area contributed by atoms with Gasteiger partial charge in [0.2, 0.25) is 0 Å². The predicted molar refractivity (Wildman–Crippen MR) is 117 cm³/mol. The highest BCUT2D eigenvalue weighted by atomic mass is 19.4. The number of hydrogen-bond donors (Lipinski definition) is 4. The summed E-state index contributed by atoms with van der Waals surface area (Å²) in [5.74, 6) is 1.13.